The van der Waals surface area contributed by atoms with Crippen molar-refractivity contribution in [1.82, 2.24) is 4.31 Å². The molecule has 0 radical (unpaired) electrons. The summed E-state index contributed by atoms with van der Waals surface area (Å²) in [7, 11) is -4.14. The maximum absolute atomic E-state index is 12.9. The molecule has 24 heavy (non-hydrogen) atoms. The maximum atomic E-state index is 12.9. The van der Waals surface area contributed by atoms with E-state index in [-0.39, 0.29) is 23.9 Å². The number of carboxylic acids is 1. The molecule has 0 saturated carbocycles. The highest BCUT2D eigenvalue weighted by molar-refractivity contribution is 7.89. The molecular weight excluding hydrogens is 360 g/mol. The first-order valence-electron chi connectivity index (χ1n) is 7.21. The van der Waals surface area contributed by atoms with E-state index in [1.54, 1.807) is 6.92 Å². The second kappa shape index (κ2) is 6.66. The number of carboxylic acid groups (broad SMARTS) is 1. The van der Waals surface area contributed by atoms with E-state index in [9.17, 15) is 28.4 Å². The molecule has 8 nitrogen and oxygen atoms in total. The number of sulfonamides is 1. The number of rotatable bonds is 4. The Morgan fingerprint density at radius 3 is 2.58 bits per heavy atom. The molecule has 2 atom stereocenters. The van der Waals surface area contributed by atoms with E-state index in [0.29, 0.717) is 12.0 Å². The fourth-order valence-corrected chi connectivity index (χ4v) is 5.10. The van der Waals surface area contributed by atoms with E-state index >= 15 is 0 Å². The summed E-state index contributed by atoms with van der Waals surface area (Å²) < 4.78 is 26.8. The van der Waals surface area contributed by atoms with Gasteiger partial charge >= 0.3 is 5.97 Å². The molecule has 10 heteroatoms. The van der Waals surface area contributed by atoms with Gasteiger partial charge in [0.1, 0.15) is 9.92 Å². The van der Waals surface area contributed by atoms with Crippen molar-refractivity contribution in [3.63, 3.8) is 0 Å². The Labute approximate surface area is 144 Å². The van der Waals surface area contributed by atoms with Crippen molar-refractivity contribution in [3.8, 4) is 0 Å². The second-order valence-corrected chi connectivity index (χ2v) is 8.34. The molecule has 1 aromatic rings. The van der Waals surface area contributed by atoms with Gasteiger partial charge in [0.15, 0.2) is 0 Å². The lowest BCUT2D eigenvalue weighted by Gasteiger charge is -2.33. The van der Waals surface area contributed by atoms with Crippen molar-refractivity contribution in [3.05, 3.63) is 32.8 Å². The van der Waals surface area contributed by atoms with Crippen LogP contribution in [0.2, 0.25) is 5.02 Å². The van der Waals surface area contributed by atoms with Crippen LogP contribution in [0.5, 0.6) is 0 Å². The molecular formula is C14H17ClN2O6S. The van der Waals surface area contributed by atoms with Crippen LogP contribution in [0, 0.1) is 28.9 Å². The minimum atomic E-state index is -4.14. The summed E-state index contributed by atoms with van der Waals surface area (Å²) in [6, 6.07) is 2.46. The van der Waals surface area contributed by atoms with Gasteiger partial charge in [0.25, 0.3) is 5.69 Å². The highest BCUT2D eigenvalue weighted by Gasteiger charge is 2.38. The zero-order chi connectivity index (χ0) is 18.2. The van der Waals surface area contributed by atoms with Crippen LogP contribution >= 0.6 is 11.6 Å². The van der Waals surface area contributed by atoms with Crippen molar-refractivity contribution in [2.75, 3.05) is 13.1 Å². The number of hydrogen-bond acceptors (Lipinski definition) is 5. The molecule has 1 saturated heterocycles. The minimum Gasteiger partial charge on any atom is -0.481 e. The van der Waals surface area contributed by atoms with E-state index < -0.39 is 37.5 Å². The van der Waals surface area contributed by atoms with Gasteiger partial charge in [0.2, 0.25) is 10.0 Å². The van der Waals surface area contributed by atoms with Crippen LogP contribution in [-0.4, -0.2) is 41.8 Å². The van der Waals surface area contributed by atoms with Crippen LogP contribution in [-0.2, 0) is 14.8 Å². The summed E-state index contributed by atoms with van der Waals surface area (Å²) in [6.07, 6.45) is 0.378. The maximum Gasteiger partial charge on any atom is 0.307 e. The average molecular weight is 377 g/mol. The zero-order valence-electron chi connectivity index (χ0n) is 13.1. The number of hydrogen-bond donors (Lipinski definition) is 1. The van der Waals surface area contributed by atoms with Crippen molar-refractivity contribution in [1.29, 1.82) is 0 Å². The van der Waals surface area contributed by atoms with Crippen LogP contribution in [0.1, 0.15) is 18.9 Å². The molecule has 1 aromatic carbocycles. The van der Waals surface area contributed by atoms with Crippen molar-refractivity contribution in [2.45, 2.75) is 25.2 Å². The highest BCUT2D eigenvalue weighted by Crippen LogP contribution is 2.36. The van der Waals surface area contributed by atoms with Crippen LogP contribution in [0.25, 0.3) is 0 Å². The lowest BCUT2D eigenvalue weighted by Crippen LogP contribution is -2.45. The van der Waals surface area contributed by atoms with Gasteiger partial charge in [-0.25, -0.2) is 8.42 Å². The van der Waals surface area contributed by atoms with Crippen LogP contribution in [0.4, 0.5) is 5.69 Å². The van der Waals surface area contributed by atoms with Gasteiger partial charge in [0, 0.05) is 19.2 Å². The first-order chi connectivity index (χ1) is 11.0. The number of nitro groups is 1. The first-order valence-corrected chi connectivity index (χ1v) is 9.03. The van der Waals surface area contributed by atoms with E-state index in [4.69, 9.17) is 11.6 Å². The molecule has 0 amide bonds. The lowest BCUT2D eigenvalue weighted by molar-refractivity contribution is -0.385. The number of benzene rings is 1. The predicted molar refractivity (Wildman–Crippen MR) is 86.5 cm³/mol. The smallest absolute Gasteiger partial charge is 0.307 e. The standard InChI is InChI=1S/C14H17ClN2O6S/c1-8-4-11(17(20)21)13(15)12(5-8)24(22,23)16-6-9(2)3-10(7-16)14(18)19/h4-5,9-10H,3,6-7H2,1-2H3,(H,18,19). The van der Waals surface area contributed by atoms with E-state index in [2.05, 4.69) is 0 Å². The molecule has 0 bridgehead atoms. The Morgan fingerprint density at radius 2 is 2.04 bits per heavy atom. The minimum absolute atomic E-state index is 0.143. The number of aliphatic carboxylic acids is 1. The van der Waals surface area contributed by atoms with Gasteiger partial charge in [-0.3, -0.25) is 14.9 Å². The molecule has 2 rings (SSSR count). The molecule has 0 spiro atoms. The Morgan fingerprint density at radius 1 is 1.42 bits per heavy atom. The van der Waals surface area contributed by atoms with Crippen LogP contribution in [0.15, 0.2) is 17.0 Å². The normalized spacial score (nSPS) is 22.3. The summed E-state index contributed by atoms with van der Waals surface area (Å²) in [6.45, 7) is 3.25. The number of carbonyl (C=O) groups is 1. The SMILES string of the molecule is Cc1cc([N+](=O)[O-])c(Cl)c(S(=O)(=O)N2CC(C)CC(C(=O)O)C2)c1. The second-order valence-electron chi connectivity index (χ2n) is 6.05. The predicted octanol–water partition coefficient (Wildman–Crippen LogP) is 2.29. The van der Waals surface area contributed by atoms with E-state index in [1.807, 2.05) is 0 Å². The molecule has 2 unspecified atom stereocenters. The van der Waals surface area contributed by atoms with Gasteiger partial charge in [-0.1, -0.05) is 18.5 Å². The first kappa shape index (κ1) is 18.6. The number of nitrogens with zero attached hydrogens (tertiary/aromatic N) is 2. The monoisotopic (exact) mass is 376 g/mol. The summed E-state index contributed by atoms with van der Waals surface area (Å²) in [4.78, 5) is 21.2. The van der Waals surface area contributed by atoms with Gasteiger partial charge < -0.3 is 5.11 Å². The topological polar surface area (TPSA) is 118 Å². The fraction of sp³-hybridized carbons (Fsp3) is 0.500. The molecule has 132 valence electrons. The molecule has 1 aliphatic heterocycles. The van der Waals surface area contributed by atoms with Crippen LogP contribution < -0.4 is 0 Å². The van der Waals surface area contributed by atoms with Crippen molar-refractivity contribution in [2.24, 2.45) is 11.8 Å². The molecule has 0 aromatic heterocycles. The average Bonchev–Trinajstić information content (AvgIpc) is 2.48. The largest absolute Gasteiger partial charge is 0.481 e. The number of nitro benzene ring substituents is 1. The van der Waals surface area contributed by atoms with Gasteiger partial charge in [-0.2, -0.15) is 4.31 Å². The van der Waals surface area contributed by atoms with Crippen molar-refractivity contribution < 1.29 is 23.2 Å². The van der Waals surface area contributed by atoms with E-state index in [0.717, 1.165) is 4.31 Å². The Bertz CT molecular complexity index is 795. The molecule has 1 heterocycles. The van der Waals surface area contributed by atoms with Gasteiger partial charge in [-0.15, -0.1) is 0 Å². The molecule has 1 aliphatic rings. The Hall–Kier alpha value is -1.71. The summed E-state index contributed by atoms with van der Waals surface area (Å²) >= 11 is 5.95. The molecule has 1 N–H and O–H groups in total. The zero-order valence-corrected chi connectivity index (χ0v) is 14.7. The third kappa shape index (κ3) is 3.52. The van der Waals surface area contributed by atoms with Gasteiger partial charge in [0.05, 0.1) is 10.8 Å². The summed E-state index contributed by atoms with van der Waals surface area (Å²) in [5.41, 5.74) is -0.111. The molecule has 1 fully saturated rings. The summed E-state index contributed by atoms with van der Waals surface area (Å²) in [5, 5.41) is 19.8. The third-order valence-electron chi connectivity index (χ3n) is 3.95. The lowest BCUT2D eigenvalue weighted by atomic mass is 9.92. The third-order valence-corrected chi connectivity index (χ3v) is 6.32. The molecule has 0 aliphatic carbocycles. The number of halogens is 1. The van der Waals surface area contributed by atoms with Crippen LogP contribution in [0.3, 0.4) is 0 Å². The Kier molecular flexibility index (Phi) is 5.17. The number of aryl methyl sites for hydroxylation is 1. The van der Waals surface area contributed by atoms with Crippen molar-refractivity contribution >= 4 is 33.3 Å². The fourth-order valence-electron chi connectivity index (χ4n) is 2.85. The number of piperidine rings is 1. The highest BCUT2D eigenvalue weighted by atomic mass is 35.5. The quantitative estimate of drug-likeness (QED) is 0.636. The summed E-state index contributed by atoms with van der Waals surface area (Å²) in [5.74, 6) is -2.03. The van der Waals surface area contributed by atoms with Gasteiger partial charge in [-0.05, 0) is 30.9 Å². The Balaban J connectivity index is 2.51. The van der Waals surface area contributed by atoms with E-state index in [1.165, 1.54) is 19.1 Å².